The van der Waals surface area contributed by atoms with Gasteiger partial charge in [0.2, 0.25) is 0 Å². The fraction of sp³-hybridized carbons (Fsp3) is 0.778. The van der Waals surface area contributed by atoms with Crippen molar-refractivity contribution >= 4 is 22.2 Å². The molecule has 0 aromatic heterocycles. The molecule has 0 aliphatic heterocycles. The van der Waals surface area contributed by atoms with Crippen molar-refractivity contribution in [3.63, 3.8) is 0 Å². The minimum Gasteiger partial charge on any atom is -0.363 e. The van der Waals surface area contributed by atoms with Gasteiger partial charge in [0, 0.05) is 39.4 Å². The zero-order valence-electron chi connectivity index (χ0n) is 9.83. The number of hydrogen-bond donors (Lipinski definition) is 2. The minimum atomic E-state index is -0.111. The van der Waals surface area contributed by atoms with Crippen LogP contribution in [0, 0.1) is 0 Å². The average molecular weight is 232 g/mol. The van der Waals surface area contributed by atoms with Gasteiger partial charge in [-0.2, -0.15) is 5.10 Å². The third-order valence-corrected chi connectivity index (χ3v) is 2.30. The number of amides is 1. The van der Waals surface area contributed by atoms with E-state index in [1.807, 2.05) is 14.1 Å². The van der Waals surface area contributed by atoms with Gasteiger partial charge in [-0.15, -0.1) is 0 Å². The van der Waals surface area contributed by atoms with E-state index in [1.54, 1.807) is 12.1 Å². The third-order valence-electron chi connectivity index (χ3n) is 1.49. The number of unbranched alkanes of at least 4 members (excludes halogenated alkanes) is 1. The van der Waals surface area contributed by atoms with Crippen LogP contribution in [-0.4, -0.2) is 43.1 Å². The van der Waals surface area contributed by atoms with Gasteiger partial charge in [0.15, 0.2) is 5.17 Å². The van der Waals surface area contributed by atoms with E-state index in [-0.39, 0.29) is 5.24 Å². The lowest BCUT2D eigenvalue weighted by Crippen LogP contribution is -2.27. The van der Waals surface area contributed by atoms with Crippen LogP contribution in [0.5, 0.6) is 0 Å². The molecule has 0 unspecified atom stereocenters. The molecule has 2 N–H and O–H groups in total. The zero-order chi connectivity index (χ0) is 11.7. The quantitative estimate of drug-likeness (QED) is 0.332. The largest absolute Gasteiger partial charge is 0.363 e. The van der Waals surface area contributed by atoms with Gasteiger partial charge in [-0.25, -0.2) is 0 Å². The van der Waals surface area contributed by atoms with Gasteiger partial charge >= 0.3 is 0 Å². The Morgan fingerprint density at radius 2 is 2.13 bits per heavy atom. The van der Waals surface area contributed by atoms with Crippen LogP contribution in [0.25, 0.3) is 0 Å². The fourth-order valence-corrected chi connectivity index (χ4v) is 1.44. The van der Waals surface area contributed by atoms with Gasteiger partial charge in [0.25, 0.3) is 5.24 Å². The molecule has 0 spiro atoms. The molecule has 0 bridgehead atoms. The zero-order valence-corrected chi connectivity index (χ0v) is 10.6. The number of nitrogens with zero attached hydrogens (tertiary/aromatic N) is 2. The van der Waals surface area contributed by atoms with E-state index in [9.17, 15) is 4.79 Å². The molecule has 0 fully saturated rings. The third kappa shape index (κ3) is 8.11. The number of amidine groups is 1. The van der Waals surface area contributed by atoms with Crippen molar-refractivity contribution < 1.29 is 4.79 Å². The van der Waals surface area contributed by atoms with Crippen LogP contribution in [0.4, 0.5) is 4.79 Å². The molecule has 15 heavy (non-hydrogen) atoms. The summed E-state index contributed by atoms with van der Waals surface area (Å²) in [4.78, 5) is 11.1. The second kappa shape index (κ2) is 8.40. The Labute approximate surface area is 95.7 Å². The minimum absolute atomic E-state index is 0.111. The van der Waals surface area contributed by atoms with Crippen LogP contribution < -0.4 is 10.6 Å². The summed E-state index contributed by atoms with van der Waals surface area (Å²) in [6.07, 6.45) is 2.19. The Hall–Kier alpha value is -0.910. The Kier molecular flexibility index (Phi) is 7.89. The first-order valence-electron chi connectivity index (χ1n) is 4.99. The van der Waals surface area contributed by atoms with Gasteiger partial charge in [-0.1, -0.05) is 13.3 Å². The number of nitrogens with one attached hydrogen (secondary N) is 2. The number of carbonyl (C=O) groups is 1. The molecule has 88 valence electrons. The Morgan fingerprint density at radius 1 is 1.47 bits per heavy atom. The van der Waals surface area contributed by atoms with Gasteiger partial charge in [0.1, 0.15) is 0 Å². The van der Waals surface area contributed by atoms with Gasteiger partial charge in [-0.3, -0.25) is 4.79 Å². The lowest BCUT2D eigenvalue weighted by atomic mass is 10.3. The van der Waals surface area contributed by atoms with Crippen molar-refractivity contribution in [1.29, 1.82) is 0 Å². The molecule has 0 rings (SSSR count). The van der Waals surface area contributed by atoms with Crippen LogP contribution >= 0.6 is 11.8 Å². The molecule has 0 aliphatic carbocycles. The number of hydrazone groups is 1. The average Bonchev–Trinajstić information content (AvgIpc) is 2.17. The van der Waals surface area contributed by atoms with Crippen molar-refractivity contribution in [2.75, 3.05) is 27.7 Å². The van der Waals surface area contributed by atoms with Crippen molar-refractivity contribution in [3.8, 4) is 0 Å². The highest BCUT2D eigenvalue weighted by molar-refractivity contribution is 8.26. The topological polar surface area (TPSA) is 56.7 Å². The first kappa shape index (κ1) is 14.1. The van der Waals surface area contributed by atoms with E-state index < -0.39 is 0 Å². The molecule has 0 saturated heterocycles. The summed E-state index contributed by atoms with van der Waals surface area (Å²) < 4.78 is 0. The maximum atomic E-state index is 11.1. The smallest absolute Gasteiger partial charge is 0.286 e. The summed E-state index contributed by atoms with van der Waals surface area (Å²) in [6.45, 7) is 2.96. The highest BCUT2D eigenvalue weighted by Gasteiger charge is 2.06. The lowest BCUT2D eigenvalue weighted by molar-refractivity contribution is 0.262. The Balaban J connectivity index is 4.13. The molecule has 0 atom stereocenters. The Morgan fingerprint density at radius 3 is 2.60 bits per heavy atom. The van der Waals surface area contributed by atoms with Gasteiger partial charge in [0.05, 0.1) is 0 Å². The second-order valence-electron chi connectivity index (χ2n) is 3.17. The van der Waals surface area contributed by atoms with Crippen LogP contribution in [0.1, 0.15) is 19.8 Å². The first-order valence-corrected chi connectivity index (χ1v) is 5.81. The fourth-order valence-electron chi connectivity index (χ4n) is 0.784. The van der Waals surface area contributed by atoms with E-state index in [4.69, 9.17) is 0 Å². The maximum absolute atomic E-state index is 11.1. The van der Waals surface area contributed by atoms with Gasteiger partial charge in [-0.05, 0) is 6.42 Å². The van der Waals surface area contributed by atoms with E-state index >= 15 is 0 Å². The highest BCUT2D eigenvalue weighted by Crippen LogP contribution is 2.03. The van der Waals surface area contributed by atoms with Crippen molar-refractivity contribution in [2.24, 2.45) is 5.10 Å². The summed E-state index contributed by atoms with van der Waals surface area (Å²) >= 11 is 1.07. The number of rotatable bonds is 4. The van der Waals surface area contributed by atoms with Crippen LogP contribution in [0.3, 0.4) is 0 Å². The van der Waals surface area contributed by atoms with E-state index in [0.29, 0.717) is 5.17 Å². The molecule has 0 aliphatic rings. The van der Waals surface area contributed by atoms with Crippen LogP contribution in [-0.2, 0) is 0 Å². The molecular formula is C9H20N4OS. The van der Waals surface area contributed by atoms with Crippen molar-refractivity contribution in [3.05, 3.63) is 0 Å². The maximum Gasteiger partial charge on any atom is 0.286 e. The van der Waals surface area contributed by atoms with Crippen LogP contribution in [0.15, 0.2) is 5.10 Å². The molecular weight excluding hydrogens is 212 g/mol. The first-order chi connectivity index (χ1) is 7.10. The summed E-state index contributed by atoms with van der Waals surface area (Å²) in [5.74, 6) is 0. The van der Waals surface area contributed by atoms with Crippen molar-refractivity contribution in [2.45, 2.75) is 19.8 Å². The molecule has 0 heterocycles. The summed E-state index contributed by atoms with van der Waals surface area (Å²) in [5, 5.41) is 12.0. The Bertz CT molecular complexity index is 218. The van der Waals surface area contributed by atoms with Crippen molar-refractivity contribution in [1.82, 2.24) is 15.6 Å². The highest BCUT2D eigenvalue weighted by atomic mass is 32.2. The predicted octanol–water partition coefficient (Wildman–Crippen LogP) is 1.28. The molecule has 0 aromatic rings. The summed E-state index contributed by atoms with van der Waals surface area (Å²) in [5.41, 5.74) is 0. The molecule has 0 saturated carbocycles. The number of carbonyl (C=O) groups excluding carboxylic acids is 1. The molecule has 6 heteroatoms. The normalized spacial score (nSPS) is 11.1. The standard InChI is InChI=1S/C9H20N4OS/c1-5-6-7-11-8(12-13(3)4)15-9(14)10-2/h5-7H2,1-4H3,(H,10,14)(H,11,12). The lowest BCUT2D eigenvalue weighted by Gasteiger charge is -2.11. The molecule has 5 nitrogen and oxygen atoms in total. The van der Waals surface area contributed by atoms with E-state index in [2.05, 4.69) is 22.7 Å². The van der Waals surface area contributed by atoms with E-state index in [0.717, 1.165) is 31.1 Å². The SMILES string of the molecule is CCCCNC(=NN(C)C)SC(=O)NC. The molecule has 1 amide bonds. The summed E-state index contributed by atoms with van der Waals surface area (Å²) in [6, 6.07) is 0. The molecule has 0 aromatic carbocycles. The monoisotopic (exact) mass is 232 g/mol. The second-order valence-corrected chi connectivity index (χ2v) is 4.13. The van der Waals surface area contributed by atoms with E-state index in [1.165, 1.54) is 0 Å². The number of thioether (sulfide) groups is 1. The van der Waals surface area contributed by atoms with Crippen LogP contribution in [0.2, 0.25) is 0 Å². The summed E-state index contributed by atoms with van der Waals surface area (Å²) in [7, 11) is 5.26. The van der Waals surface area contributed by atoms with Gasteiger partial charge < -0.3 is 15.6 Å². The molecule has 0 radical (unpaired) electrons. The predicted molar refractivity (Wildman–Crippen MR) is 66.1 cm³/mol. The number of hydrogen-bond acceptors (Lipinski definition) is 4.